The normalized spacial score (nSPS) is 11.5. The lowest BCUT2D eigenvalue weighted by molar-refractivity contribution is -0.145. The van der Waals surface area contributed by atoms with Gasteiger partial charge in [-0.25, -0.2) is 0 Å². The van der Waals surface area contributed by atoms with Gasteiger partial charge in [-0.15, -0.1) is 6.58 Å². The molecule has 0 aliphatic rings. The van der Waals surface area contributed by atoms with Crippen LogP contribution in [0.15, 0.2) is 73.4 Å². The molecule has 0 spiro atoms. The van der Waals surface area contributed by atoms with Crippen molar-refractivity contribution in [2.75, 3.05) is 0 Å². The number of para-hydroxylation sites is 1. The zero-order chi connectivity index (χ0) is 21.9. The molecule has 0 saturated carbocycles. The molecule has 1 atom stereocenters. The fourth-order valence-electron chi connectivity index (χ4n) is 3.61. The van der Waals surface area contributed by atoms with Crippen LogP contribution in [0.3, 0.4) is 0 Å². The third kappa shape index (κ3) is 6.62. The second kappa shape index (κ2) is 11.8. The maximum Gasteiger partial charge on any atom is 0.311 e. The summed E-state index contributed by atoms with van der Waals surface area (Å²) in [5, 5.41) is 1.09. The number of carbonyl (C=O) groups excluding carboxylic acids is 1. The van der Waals surface area contributed by atoms with Gasteiger partial charge in [-0.1, -0.05) is 79.8 Å². The first kappa shape index (κ1) is 22.4. The lowest BCUT2D eigenvalue weighted by Crippen LogP contribution is -2.18. The maximum atomic E-state index is 12.8. The van der Waals surface area contributed by atoms with Crippen molar-refractivity contribution in [2.45, 2.75) is 58.1 Å². The van der Waals surface area contributed by atoms with Gasteiger partial charge in [0.05, 0.1) is 6.42 Å². The highest BCUT2D eigenvalue weighted by molar-refractivity contribution is 5.88. The molecular formula is C28H31NO2. The van der Waals surface area contributed by atoms with E-state index in [1.807, 2.05) is 36.4 Å². The smallest absolute Gasteiger partial charge is 0.311 e. The van der Waals surface area contributed by atoms with E-state index >= 15 is 0 Å². The standard InChI is InChI=1S/C28H31NO2/c1-3-5-7-11-17-25(16-6-4-2)31-28(30)20-24-22-29(21-23-14-9-8-10-15-23)27-19-13-12-18-26(24)27/h4,8-10,12-15,18-19,22,25H,2-3,5-7,16,20-21H2,1H3. The lowest BCUT2D eigenvalue weighted by Gasteiger charge is -2.11. The Morgan fingerprint density at radius 1 is 1.16 bits per heavy atom. The van der Waals surface area contributed by atoms with Crippen LogP contribution in [0.25, 0.3) is 10.9 Å². The molecule has 3 rings (SSSR count). The molecule has 0 fully saturated rings. The predicted octanol–water partition coefficient (Wildman–Crippen LogP) is 6.30. The summed E-state index contributed by atoms with van der Waals surface area (Å²) in [5.74, 6) is 6.06. The SMILES string of the molecule is C=CCCC(C#CCCCC)OC(=O)Cc1cn(Cc2ccccc2)c2ccccc12. The Hall–Kier alpha value is -3.25. The summed E-state index contributed by atoms with van der Waals surface area (Å²) in [5.41, 5.74) is 3.33. The van der Waals surface area contributed by atoms with E-state index in [1.165, 1.54) is 5.56 Å². The predicted molar refractivity (Wildman–Crippen MR) is 128 cm³/mol. The minimum atomic E-state index is -0.375. The quantitative estimate of drug-likeness (QED) is 0.169. The Kier molecular flexibility index (Phi) is 8.55. The molecule has 0 N–H and O–H groups in total. The molecule has 0 radical (unpaired) electrons. The molecule has 0 aliphatic carbocycles. The van der Waals surface area contributed by atoms with Gasteiger partial charge in [-0.05, 0) is 36.5 Å². The first-order chi connectivity index (χ1) is 15.2. The van der Waals surface area contributed by atoms with Gasteiger partial charge in [0, 0.05) is 30.1 Å². The van der Waals surface area contributed by atoms with Gasteiger partial charge in [0.15, 0.2) is 6.10 Å². The zero-order valence-corrected chi connectivity index (χ0v) is 18.3. The van der Waals surface area contributed by atoms with Crippen molar-refractivity contribution in [2.24, 2.45) is 0 Å². The number of aromatic nitrogens is 1. The van der Waals surface area contributed by atoms with Crippen LogP contribution in [0, 0.1) is 11.8 Å². The number of allylic oxidation sites excluding steroid dienone is 1. The van der Waals surface area contributed by atoms with E-state index < -0.39 is 0 Å². The summed E-state index contributed by atoms with van der Waals surface area (Å²) in [4.78, 5) is 12.8. The molecule has 3 heteroatoms. The molecule has 31 heavy (non-hydrogen) atoms. The lowest BCUT2D eigenvalue weighted by atomic mass is 10.1. The van der Waals surface area contributed by atoms with Crippen molar-refractivity contribution in [3.8, 4) is 11.8 Å². The Bertz CT molecular complexity index is 1050. The van der Waals surface area contributed by atoms with E-state index in [1.54, 1.807) is 0 Å². The fraction of sp³-hybridized carbons (Fsp3) is 0.321. The highest BCUT2D eigenvalue weighted by Crippen LogP contribution is 2.23. The number of fused-ring (bicyclic) bond motifs is 1. The molecule has 3 nitrogen and oxygen atoms in total. The van der Waals surface area contributed by atoms with Gasteiger partial charge in [0.25, 0.3) is 0 Å². The average Bonchev–Trinajstić information content (AvgIpc) is 3.12. The van der Waals surface area contributed by atoms with Crippen molar-refractivity contribution in [3.63, 3.8) is 0 Å². The van der Waals surface area contributed by atoms with Crippen molar-refractivity contribution >= 4 is 16.9 Å². The van der Waals surface area contributed by atoms with Gasteiger partial charge >= 0.3 is 5.97 Å². The molecule has 1 unspecified atom stereocenters. The van der Waals surface area contributed by atoms with Gasteiger partial charge in [0.2, 0.25) is 0 Å². The molecule has 1 aromatic heterocycles. The van der Waals surface area contributed by atoms with Crippen molar-refractivity contribution < 1.29 is 9.53 Å². The van der Waals surface area contributed by atoms with Crippen LogP contribution in [0.2, 0.25) is 0 Å². The largest absolute Gasteiger partial charge is 0.449 e. The van der Waals surface area contributed by atoms with Crippen LogP contribution >= 0.6 is 0 Å². The number of benzene rings is 2. The van der Waals surface area contributed by atoms with E-state index in [9.17, 15) is 4.79 Å². The Balaban J connectivity index is 1.74. The summed E-state index contributed by atoms with van der Waals surface area (Å²) in [6, 6.07) is 18.5. The van der Waals surface area contributed by atoms with E-state index in [-0.39, 0.29) is 18.5 Å². The monoisotopic (exact) mass is 413 g/mol. The van der Waals surface area contributed by atoms with Crippen molar-refractivity contribution in [1.29, 1.82) is 0 Å². The molecule has 1 heterocycles. The Morgan fingerprint density at radius 3 is 2.71 bits per heavy atom. The number of hydrogen-bond donors (Lipinski definition) is 0. The fourth-order valence-corrected chi connectivity index (χ4v) is 3.61. The van der Waals surface area contributed by atoms with E-state index in [0.717, 1.165) is 48.7 Å². The molecule has 160 valence electrons. The van der Waals surface area contributed by atoms with Crippen molar-refractivity contribution in [1.82, 2.24) is 4.57 Å². The number of unbranched alkanes of at least 4 members (excludes halogenated alkanes) is 2. The molecule has 0 amide bonds. The highest BCUT2D eigenvalue weighted by Gasteiger charge is 2.16. The summed E-state index contributed by atoms with van der Waals surface area (Å²) >= 11 is 0. The number of rotatable bonds is 10. The summed E-state index contributed by atoms with van der Waals surface area (Å²) in [6.07, 6.45) is 8.25. The van der Waals surface area contributed by atoms with Crippen LogP contribution in [0.1, 0.15) is 50.2 Å². The maximum absolute atomic E-state index is 12.8. The van der Waals surface area contributed by atoms with E-state index in [4.69, 9.17) is 4.74 Å². The van der Waals surface area contributed by atoms with Crippen LogP contribution in [-0.4, -0.2) is 16.6 Å². The molecule has 0 aliphatic heterocycles. The number of ether oxygens (including phenoxy) is 1. The van der Waals surface area contributed by atoms with E-state index in [0.29, 0.717) is 6.42 Å². The first-order valence-corrected chi connectivity index (χ1v) is 11.1. The highest BCUT2D eigenvalue weighted by atomic mass is 16.5. The van der Waals surface area contributed by atoms with Crippen molar-refractivity contribution in [3.05, 3.63) is 84.6 Å². The van der Waals surface area contributed by atoms with Gasteiger partial charge in [0.1, 0.15) is 0 Å². The minimum Gasteiger partial charge on any atom is -0.449 e. The third-order valence-corrected chi connectivity index (χ3v) is 5.23. The number of carbonyl (C=O) groups is 1. The Labute approximate surface area is 185 Å². The molecule has 0 bridgehead atoms. The molecule has 2 aromatic carbocycles. The Morgan fingerprint density at radius 2 is 1.94 bits per heavy atom. The summed E-state index contributed by atoms with van der Waals surface area (Å²) in [7, 11) is 0. The number of nitrogens with zero attached hydrogens (tertiary/aromatic N) is 1. The van der Waals surface area contributed by atoms with Crippen LogP contribution < -0.4 is 0 Å². The summed E-state index contributed by atoms with van der Waals surface area (Å²) in [6.45, 7) is 6.68. The van der Waals surface area contributed by atoms with Crippen LogP contribution in [0.5, 0.6) is 0 Å². The third-order valence-electron chi connectivity index (χ3n) is 5.23. The molecule has 0 saturated heterocycles. The van der Waals surface area contributed by atoms with E-state index in [2.05, 4.69) is 60.4 Å². The van der Waals surface area contributed by atoms with Crippen LogP contribution in [-0.2, 0) is 22.5 Å². The molecular weight excluding hydrogens is 382 g/mol. The number of hydrogen-bond acceptors (Lipinski definition) is 2. The second-order valence-electron chi connectivity index (χ2n) is 7.73. The zero-order valence-electron chi connectivity index (χ0n) is 18.3. The minimum absolute atomic E-state index is 0.235. The average molecular weight is 414 g/mol. The first-order valence-electron chi connectivity index (χ1n) is 11.1. The topological polar surface area (TPSA) is 31.2 Å². The summed E-state index contributed by atoms with van der Waals surface area (Å²) < 4.78 is 7.95. The molecule has 3 aromatic rings. The second-order valence-corrected chi connectivity index (χ2v) is 7.73. The number of esters is 1. The van der Waals surface area contributed by atoms with Gasteiger partial charge in [-0.3, -0.25) is 4.79 Å². The van der Waals surface area contributed by atoms with Crippen LogP contribution in [0.4, 0.5) is 0 Å². The van der Waals surface area contributed by atoms with Gasteiger partial charge < -0.3 is 9.30 Å². The van der Waals surface area contributed by atoms with Gasteiger partial charge in [-0.2, -0.15) is 0 Å².